The summed E-state index contributed by atoms with van der Waals surface area (Å²) in [5, 5.41) is 0. The monoisotopic (exact) mass is 202 g/mol. The normalized spacial score (nSPS) is 13.5. The fraction of sp³-hybridized carbons (Fsp3) is 0.333. The number of rotatable bonds is 5. The third-order valence-corrected chi connectivity index (χ3v) is 2.03. The van der Waals surface area contributed by atoms with Crippen LogP contribution in [-0.4, -0.2) is 0 Å². The summed E-state index contributed by atoms with van der Waals surface area (Å²) in [6, 6.07) is 0. The molecule has 0 radical (unpaired) electrons. The van der Waals surface area contributed by atoms with Crippen LogP contribution >= 0.6 is 0 Å². The standard InChI is InChI=1S/C13H20.C2H2/c1-5-8-9-13(7-3)11-10-12(4)6-2;1-2/h5-6,8-11,13H,1,7H2,2-4H3;1-2H/b9-8-,11-10?,12-6-;. The molecule has 0 nitrogen and oxygen atoms in total. The van der Waals surface area contributed by atoms with Gasteiger partial charge in [-0.1, -0.05) is 55.5 Å². The van der Waals surface area contributed by atoms with Gasteiger partial charge in [0.05, 0.1) is 0 Å². The third kappa shape index (κ3) is 10.4. The fourth-order valence-corrected chi connectivity index (χ4v) is 0.929. The maximum Gasteiger partial charge on any atom is -0.00498 e. The van der Waals surface area contributed by atoms with E-state index in [4.69, 9.17) is 0 Å². The van der Waals surface area contributed by atoms with E-state index in [1.807, 2.05) is 12.2 Å². The smallest absolute Gasteiger partial charge is 0.00498 e. The molecule has 0 spiro atoms. The molecule has 1 unspecified atom stereocenters. The van der Waals surface area contributed by atoms with Crippen LogP contribution in [-0.2, 0) is 0 Å². The van der Waals surface area contributed by atoms with Gasteiger partial charge in [-0.05, 0) is 26.2 Å². The lowest BCUT2D eigenvalue weighted by Gasteiger charge is -2.01. The average Bonchev–Trinajstić information content (AvgIpc) is 2.31. The predicted octanol–water partition coefficient (Wildman–Crippen LogP) is 4.53. The molecule has 1 atom stereocenters. The minimum atomic E-state index is 0.535. The molecule has 0 N–H and O–H groups in total. The van der Waals surface area contributed by atoms with E-state index in [9.17, 15) is 0 Å². The van der Waals surface area contributed by atoms with Crippen molar-refractivity contribution >= 4 is 0 Å². The zero-order chi connectivity index (χ0) is 12.1. The van der Waals surface area contributed by atoms with Crippen molar-refractivity contribution in [2.45, 2.75) is 27.2 Å². The molecule has 15 heavy (non-hydrogen) atoms. The van der Waals surface area contributed by atoms with Crippen LogP contribution in [0, 0.1) is 18.8 Å². The topological polar surface area (TPSA) is 0 Å². The van der Waals surface area contributed by atoms with E-state index in [1.54, 1.807) is 0 Å². The quantitative estimate of drug-likeness (QED) is 0.454. The number of hydrogen-bond acceptors (Lipinski definition) is 0. The largest absolute Gasteiger partial charge is 0.124 e. The van der Waals surface area contributed by atoms with Crippen molar-refractivity contribution in [2.75, 3.05) is 0 Å². The average molecular weight is 202 g/mol. The molecule has 0 aliphatic heterocycles. The molecule has 0 aromatic carbocycles. The molecule has 0 saturated carbocycles. The van der Waals surface area contributed by atoms with Gasteiger partial charge < -0.3 is 0 Å². The van der Waals surface area contributed by atoms with Gasteiger partial charge in [-0.3, -0.25) is 0 Å². The van der Waals surface area contributed by atoms with Crippen molar-refractivity contribution in [3.8, 4) is 12.8 Å². The summed E-state index contributed by atoms with van der Waals surface area (Å²) in [6.45, 7) is 10.0. The summed E-state index contributed by atoms with van der Waals surface area (Å²) in [7, 11) is 0. The first-order chi connectivity index (χ1) is 7.24. The molecule has 0 rings (SSSR count). The summed E-state index contributed by atoms with van der Waals surface area (Å²) in [5.74, 6) is 0.535. The third-order valence-electron chi connectivity index (χ3n) is 2.03. The van der Waals surface area contributed by atoms with Crippen LogP contribution in [0.2, 0.25) is 0 Å². The Hall–Kier alpha value is -1.48. The van der Waals surface area contributed by atoms with Gasteiger partial charge in [0.1, 0.15) is 0 Å². The van der Waals surface area contributed by atoms with Crippen molar-refractivity contribution in [3.63, 3.8) is 0 Å². The Balaban J connectivity index is 0. The summed E-state index contributed by atoms with van der Waals surface area (Å²) < 4.78 is 0. The van der Waals surface area contributed by atoms with E-state index in [1.165, 1.54) is 5.57 Å². The lowest BCUT2D eigenvalue weighted by Crippen LogP contribution is -1.87. The van der Waals surface area contributed by atoms with Gasteiger partial charge in [-0.25, -0.2) is 0 Å². The molecule has 0 aliphatic carbocycles. The Morgan fingerprint density at radius 3 is 2.33 bits per heavy atom. The Labute approximate surface area is 95.1 Å². The van der Waals surface area contributed by atoms with E-state index in [0.717, 1.165) is 6.42 Å². The lowest BCUT2D eigenvalue weighted by atomic mass is 10.0. The molecule has 0 heteroatoms. The van der Waals surface area contributed by atoms with E-state index in [-0.39, 0.29) is 0 Å². The van der Waals surface area contributed by atoms with E-state index in [2.05, 4.69) is 64.5 Å². The summed E-state index contributed by atoms with van der Waals surface area (Å²) >= 11 is 0. The van der Waals surface area contributed by atoms with Gasteiger partial charge in [0.2, 0.25) is 0 Å². The molecular formula is C15H22. The van der Waals surface area contributed by atoms with E-state index >= 15 is 0 Å². The predicted molar refractivity (Wildman–Crippen MR) is 71.6 cm³/mol. The minimum absolute atomic E-state index is 0.535. The zero-order valence-corrected chi connectivity index (χ0v) is 10.1. The highest BCUT2D eigenvalue weighted by Crippen LogP contribution is 2.08. The Bertz CT molecular complexity index is 248. The van der Waals surface area contributed by atoms with E-state index < -0.39 is 0 Å². The molecule has 0 saturated heterocycles. The molecule has 0 heterocycles. The van der Waals surface area contributed by atoms with Crippen molar-refractivity contribution in [2.24, 2.45) is 5.92 Å². The van der Waals surface area contributed by atoms with Gasteiger partial charge in [-0.15, -0.1) is 12.8 Å². The van der Waals surface area contributed by atoms with Crippen LogP contribution < -0.4 is 0 Å². The van der Waals surface area contributed by atoms with Gasteiger partial charge in [0.25, 0.3) is 0 Å². The maximum atomic E-state index is 4.00. The molecule has 0 fully saturated rings. The summed E-state index contributed by atoms with van der Waals surface area (Å²) in [5.41, 5.74) is 1.31. The molecule has 82 valence electrons. The highest BCUT2D eigenvalue weighted by molar-refractivity contribution is 5.17. The summed E-state index contributed by atoms with van der Waals surface area (Å²) in [4.78, 5) is 0. The van der Waals surface area contributed by atoms with Crippen LogP contribution in [0.25, 0.3) is 0 Å². The highest BCUT2D eigenvalue weighted by Gasteiger charge is 1.93. The van der Waals surface area contributed by atoms with Gasteiger partial charge in [0, 0.05) is 0 Å². The van der Waals surface area contributed by atoms with Crippen LogP contribution in [0.3, 0.4) is 0 Å². The molecule has 0 aliphatic rings. The van der Waals surface area contributed by atoms with Gasteiger partial charge >= 0.3 is 0 Å². The van der Waals surface area contributed by atoms with Crippen molar-refractivity contribution < 1.29 is 0 Å². The fourth-order valence-electron chi connectivity index (χ4n) is 0.929. The van der Waals surface area contributed by atoms with Gasteiger partial charge in [0.15, 0.2) is 0 Å². The second-order valence-electron chi connectivity index (χ2n) is 3.08. The Morgan fingerprint density at radius 1 is 1.33 bits per heavy atom. The zero-order valence-electron chi connectivity index (χ0n) is 10.1. The van der Waals surface area contributed by atoms with Crippen molar-refractivity contribution in [3.05, 3.63) is 48.6 Å². The highest BCUT2D eigenvalue weighted by atomic mass is 14.0. The first kappa shape index (κ1) is 16.0. The van der Waals surface area contributed by atoms with Crippen molar-refractivity contribution in [1.29, 1.82) is 0 Å². The minimum Gasteiger partial charge on any atom is -0.124 e. The van der Waals surface area contributed by atoms with Crippen LogP contribution in [0.5, 0.6) is 0 Å². The molecule has 0 amide bonds. The number of allylic oxidation sites excluding steroid dienone is 7. The molecule has 0 aromatic heterocycles. The van der Waals surface area contributed by atoms with Crippen LogP contribution in [0.4, 0.5) is 0 Å². The van der Waals surface area contributed by atoms with E-state index in [0.29, 0.717) is 5.92 Å². The Kier molecular flexibility index (Phi) is 13.3. The second-order valence-corrected chi connectivity index (χ2v) is 3.08. The Morgan fingerprint density at radius 2 is 1.93 bits per heavy atom. The van der Waals surface area contributed by atoms with Crippen LogP contribution in [0.1, 0.15) is 27.2 Å². The maximum absolute atomic E-state index is 4.00. The second kappa shape index (κ2) is 12.5. The molecular weight excluding hydrogens is 180 g/mol. The van der Waals surface area contributed by atoms with Crippen LogP contribution in [0.15, 0.2) is 48.6 Å². The first-order valence-corrected chi connectivity index (χ1v) is 5.18. The first-order valence-electron chi connectivity index (χ1n) is 5.18. The molecule has 0 bridgehead atoms. The van der Waals surface area contributed by atoms with Gasteiger partial charge in [-0.2, -0.15) is 0 Å². The molecule has 0 aromatic rings. The summed E-state index contributed by atoms with van der Waals surface area (Å²) in [6.07, 6.45) is 21.6. The number of hydrogen-bond donors (Lipinski definition) is 0. The number of terminal acetylenes is 1. The lowest BCUT2D eigenvalue weighted by molar-refractivity contribution is 0.773. The SMILES string of the molecule is C#C.C=C/C=C\C(C=C/C(C)=C\C)CC. The van der Waals surface area contributed by atoms with Crippen molar-refractivity contribution in [1.82, 2.24) is 0 Å².